The molecule has 7 heteroatoms. The van der Waals surface area contributed by atoms with Crippen LogP contribution in [0.15, 0.2) is 30.3 Å². The minimum absolute atomic E-state index is 0.223. The van der Waals surface area contributed by atoms with E-state index in [0.29, 0.717) is 6.07 Å². The summed E-state index contributed by atoms with van der Waals surface area (Å²) in [5.74, 6) is -3.31. The Labute approximate surface area is 123 Å². The van der Waals surface area contributed by atoms with Crippen LogP contribution in [-0.2, 0) is 0 Å². The summed E-state index contributed by atoms with van der Waals surface area (Å²) in [5.41, 5.74) is -0.505. The molecule has 2 nitrogen and oxygen atoms in total. The smallest absolute Gasteiger partial charge is 0.150 e. The van der Waals surface area contributed by atoms with E-state index in [2.05, 4.69) is 5.32 Å². The van der Waals surface area contributed by atoms with Gasteiger partial charge in [0.25, 0.3) is 0 Å². The van der Waals surface area contributed by atoms with Gasteiger partial charge in [0.2, 0.25) is 0 Å². The van der Waals surface area contributed by atoms with Gasteiger partial charge in [0.05, 0.1) is 16.8 Å². The highest BCUT2D eigenvalue weighted by atomic mass is 35.5. The minimum atomic E-state index is -1.43. The Morgan fingerprint density at radius 1 is 1.00 bits per heavy atom. The molecule has 0 amide bonds. The lowest BCUT2D eigenvalue weighted by molar-refractivity contribution is 0.186. The maximum absolute atomic E-state index is 13.5. The van der Waals surface area contributed by atoms with E-state index in [9.17, 15) is 22.7 Å². The van der Waals surface area contributed by atoms with Crippen molar-refractivity contribution in [2.75, 3.05) is 11.9 Å². The fourth-order valence-corrected chi connectivity index (χ4v) is 2.05. The van der Waals surface area contributed by atoms with E-state index in [-0.39, 0.29) is 22.8 Å². The lowest BCUT2D eigenvalue weighted by Crippen LogP contribution is -2.15. The van der Waals surface area contributed by atoms with E-state index in [4.69, 9.17) is 11.6 Å². The monoisotopic (exact) mass is 319 g/mol. The summed E-state index contributed by atoms with van der Waals surface area (Å²) in [4.78, 5) is 0. The third-order valence-corrected chi connectivity index (χ3v) is 3.09. The van der Waals surface area contributed by atoms with Crippen LogP contribution in [0.3, 0.4) is 0 Å². The first-order valence-corrected chi connectivity index (χ1v) is 6.27. The first-order chi connectivity index (χ1) is 9.88. The molecule has 0 radical (unpaired) electrons. The zero-order valence-electron chi connectivity index (χ0n) is 10.5. The number of nitrogens with one attached hydrogen (secondary N) is 1. The first-order valence-electron chi connectivity index (χ1n) is 5.90. The number of benzene rings is 2. The van der Waals surface area contributed by atoms with E-state index < -0.39 is 29.4 Å². The fraction of sp³-hybridized carbons (Fsp3) is 0.143. The largest absolute Gasteiger partial charge is 0.386 e. The van der Waals surface area contributed by atoms with E-state index in [1.54, 1.807) is 0 Å². The van der Waals surface area contributed by atoms with Gasteiger partial charge >= 0.3 is 0 Å². The van der Waals surface area contributed by atoms with Crippen LogP contribution in [0.25, 0.3) is 0 Å². The van der Waals surface area contributed by atoms with Gasteiger partial charge < -0.3 is 10.4 Å². The molecule has 0 aliphatic heterocycles. The first kappa shape index (κ1) is 15.6. The molecule has 0 bridgehead atoms. The van der Waals surface area contributed by atoms with E-state index in [0.717, 1.165) is 24.3 Å². The summed E-state index contributed by atoms with van der Waals surface area (Å²) < 4.78 is 52.9. The third-order valence-electron chi connectivity index (χ3n) is 2.80. The Kier molecular flexibility index (Phi) is 4.69. The van der Waals surface area contributed by atoms with Gasteiger partial charge in [-0.25, -0.2) is 17.6 Å². The van der Waals surface area contributed by atoms with Crippen molar-refractivity contribution in [3.05, 3.63) is 64.2 Å². The number of hydrogen-bond acceptors (Lipinski definition) is 2. The zero-order valence-corrected chi connectivity index (χ0v) is 11.3. The number of halogens is 5. The van der Waals surface area contributed by atoms with Crippen LogP contribution in [0.2, 0.25) is 5.02 Å². The Morgan fingerprint density at radius 2 is 1.71 bits per heavy atom. The topological polar surface area (TPSA) is 32.3 Å². The standard InChI is InChI=1S/C14H10ClF4NO/c15-10-4-8(17)5-12(19)14(10)20-6-13(21)9-3-7(16)1-2-11(9)18/h1-5,13,20-21H,6H2. The maximum Gasteiger partial charge on any atom is 0.150 e. The molecule has 0 saturated carbocycles. The highest BCUT2D eigenvalue weighted by molar-refractivity contribution is 6.33. The molecular weight excluding hydrogens is 310 g/mol. The molecule has 0 spiro atoms. The molecule has 0 aliphatic rings. The molecule has 2 aromatic carbocycles. The number of aliphatic hydroxyl groups is 1. The van der Waals surface area contributed by atoms with Crippen LogP contribution in [0, 0.1) is 23.3 Å². The molecule has 112 valence electrons. The van der Waals surface area contributed by atoms with E-state index in [1.807, 2.05) is 0 Å². The van der Waals surface area contributed by atoms with Gasteiger partial charge in [-0.05, 0) is 24.3 Å². The average Bonchev–Trinajstić information content (AvgIpc) is 2.40. The summed E-state index contributed by atoms with van der Waals surface area (Å²) in [5, 5.41) is 12.0. The van der Waals surface area contributed by atoms with Crippen molar-refractivity contribution in [1.29, 1.82) is 0 Å². The summed E-state index contributed by atoms with van der Waals surface area (Å²) in [6.45, 7) is -0.331. The number of anilines is 1. The molecular formula is C14H10ClF4NO. The summed E-state index contributed by atoms with van der Waals surface area (Å²) in [6, 6.07) is 4.13. The summed E-state index contributed by atoms with van der Waals surface area (Å²) in [6.07, 6.45) is -1.43. The van der Waals surface area contributed by atoms with Gasteiger partial charge in [0.15, 0.2) is 5.82 Å². The average molecular weight is 320 g/mol. The molecule has 2 aromatic rings. The third kappa shape index (κ3) is 3.65. The van der Waals surface area contributed by atoms with Crippen LogP contribution in [0.1, 0.15) is 11.7 Å². The molecule has 1 atom stereocenters. The molecule has 0 aliphatic carbocycles. The van der Waals surface area contributed by atoms with Gasteiger partial charge in [-0.2, -0.15) is 0 Å². The van der Waals surface area contributed by atoms with Crippen molar-refractivity contribution in [3.63, 3.8) is 0 Å². The Bertz CT molecular complexity index is 642. The van der Waals surface area contributed by atoms with E-state index >= 15 is 0 Å². The van der Waals surface area contributed by atoms with Crippen LogP contribution < -0.4 is 5.32 Å². The zero-order chi connectivity index (χ0) is 15.6. The lowest BCUT2D eigenvalue weighted by Gasteiger charge is -2.15. The summed E-state index contributed by atoms with van der Waals surface area (Å²) >= 11 is 5.66. The predicted octanol–water partition coefficient (Wildman–Crippen LogP) is 4.04. The van der Waals surface area contributed by atoms with Gasteiger partial charge in [-0.1, -0.05) is 11.6 Å². The van der Waals surface area contributed by atoms with Crippen LogP contribution in [-0.4, -0.2) is 11.7 Å². The second-order valence-corrected chi connectivity index (χ2v) is 4.71. The van der Waals surface area contributed by atoms with Gasteiger partial charge in [0.1, 0.15) is 17.5 Å². The number of aliphatic hydroxyl groups excluding tert-OH is 1. The maximum atomic E-state index is 13.5. The molecule has 1 unspecified atom stereocenters. The number of rotatable bonds is 4. The quantitative estimate of drug-likeness (QED) is 0.834. The molecule has 2 rings (SSSR count). The molecule has 0 heterocycles. The summed E-state index contributed by atoms with van der Waals surface area (Å²) in [7, 11) is 0. The van der Waals surface area contributed by atoms with Crippen LogP contribution in [0.4, 0.5) is 23.2 Å². The van der Waals surface area contributed by atoms with Crippen molar-refractivity contribution in [1.82, 2.24) is 0 Å². The normalized spacial score (nSPS) is 12.3. The van der Waals surface area contributed by atoms with Crippen molar-refractivity contribution in [2.45, 2.75) is 6.10 Å². The highest BCUT2D eigenvalue weighted by Gasteiger charge is 2.16. The number of hydrogen-bond donors (Lipinski definition) is 2. The molecule has 2 N–H and O–H groups in total. The Hall–Kier alpha value is -1.79. The lowest BCUT2D eigenvalue weighted by atomic mass is 10.1. The van der Waals surface area contributed by atoms with Crippen LogP contribution in [0.5, 0.6) is 0 Å². The van der Waals surface area contributed by atoms with Crippen molar-refractivity contribution in [3.8, 4) is 0 Å². The molecule has 0 fully saturated rings. The van der Waals surface area contributed by atoms with Gasteiger partial charge in [-0.3, -0.25) is 0 Å². The van der Waals surface area contributed by atoms with Crippen LogP contribution >= 0.6 is 11.6 Å². The minimum Gasteiger partial charge on any atom is -0.386 e. The Balaban J connectivity index is 2.15. The van der Waals surface area contributed by atoms with Crippen molar-refractivity contribution >= 4 is 17.3 Å². The highest BCUT2D eigenvalue weighted by Crippen LogP contribution is 2.27. The molecule has 0 aromatic heterocycles. The van der Waals surface area contributed by atoms with Crippen molar-refractivity contribution in [2.24, 2.45) is 0 Å². The van der Waals surface area contributed by atoms with Crippen molar-refractivity contribution < 1.29 is 22.7 Å². The van der Waals surface area contributed by atoms with Gasteiger partial charge in [-0.15, -0.1) is 0 Å². The fourth-order valence-electron chi connectivity index (χ4n) is 1.79. The second kappa shape index (κ2) is 6.32. The molecule has 21 heavy (non-hydrogen) atoms. The van der Waals surface area contributed by atoms with E-state index in [1.165, 1.54) is 0 Å². The molecule has 0 saturated heterocycles. The predicted molar refractivity (Wildman–Crippen MR) is 71.2 cm³/mol. The Morgan fingerprint density at radius 3 is 2.38 bits per heavy atom. The SMILES string of the molecule is OC(CNc1c(F)cc(F)cc1Cl)c1cc(F)ccc1F. The second-order valence-electron chi connectivity index (χ2n) is 4.31. The van der Waals surface area contributed by atoms with Gasteiger partial charge in [0, 0.05) is 18.2 Å².